The number of nitro groups is 1. The molecule has 10 heteroatoms. The number of nitrogens with one attached hydrogen (secondary N) is 1. The maximum Gasteiger partial charge on any atom is 0.307 e. The van der Waals surface area contributed by atoms with Crippen LogP contribution in [0.15, 0.2) is 18.2 Å². The zero-order chi connectivity index (χ0) is 20.1. The van der Waals surface area contributed by atoms with Crippen molar-refractivity contribution in [1.29, 1.82) is 0 Å². The minimum atomic E-state index is -0.983. The molecule has 0 unspecified atom stereocenters. The van der Waals surface area contributed by atoms with E-state index in [1.54, 1.807) is 6.92 Å². The largest absolute Gasteiger partial charge is 0.456 e. The van der Waals surface area contributed by atoms with E-state index in [9.17, 15) is 33.3 Å². The van der Waals surface area contributed by atoms with Crippen LogP contribution in [0.3, 0.4) is 0 Å². The zero-order valence-corrected chi connectivity index (χ0v) is 14.4. The Bertz CT molecular complexity index is 750. The predicted molar refractivity (Wildman–Crippen MR) is 88.2 cm³/mol. The van der Waals surface area contributed by atoms with Gasteiger partial charge in [0.15, 0.2) is 6.61 Å². The fourth-order valence-electron chi connectivity index (χ4n) is 3.18. The number of rotatable bonds is 7. The zero-order valence-electron chi connectivity index (χ0n) is 14.4. The van der Waals surface area contributed by atoms with Crippen LogP contribution >= 0.6 is 0 Å². The van der Waals surface area contributed by atoms with E-state index in [2.05, 4.69) is 0 Å². The summed E-state index contributed by atoms with van der Waals surface area (Å²) < 4.78 is 31.6. The van der Waals surface area contributed by atoms with E-state index < -0.39 is 59.1 Å². The average molecular weight is 384 g/mol. The summed E-state index contributed by atoms with van der Waals surface area (Å²) >= 11 is 0. The van der Waals surface area contributed by atoms with Crippen LogP contribution < -0.4 is 5.32 Å². The lowest BCUT2D eigenvalue weighted by molar-refractivity contribution is -0.490. The van der Waals surface area contributed by atoms with Gasteiger partial charge in [0, 0.05) is 23.2 Å². The van der Waals surface area contributed by atoms with E-state index in [1.165, 1.54) is 0 Å². The summed E-state index contributed by atoms with van der Waals surface area (Å²) in [5.74, 6) is -5.73. The van der Waals surface area contributed by atoms with Crippen LogP contribution in [-0.4, -0.2) is 35.7 Å². The van der Waals surface area contributed by atoms with E-state index in [0.717, 1.165) is 18.2 Å². The molecule has 1 aliphatic carbocycles. The number of benzene rings is 1. The Morgan fingerprint density at radius 2 is 1.96 bits per heavy atom. The van der Waals surface area contributed by atoms with Gasteiger partial charge in [-0.15, -0.1) is 0 Å². The average Bonchev–Trinajstić information content (AvgIpc) is 2.83. The van der Waals surface area contributed by atoms with Crippen molar-refractivity contribution in [3.05, 3.63) is 39.9 Å². The molecular formula is C17H18F2N2O6. The summed E-state index contributed by atoms with van der Waals surface area (Å²) in [6.07, 6.45) is -0.244. The number of hydrogen-bond acceptors (Lipinski definition) is 6. The Kier molecular flexibility index (Phi) is 6.54. The Balaban J connectivity index is 1.89. The van der Waals surface area contributed by atoms with E-state index in [1.807, 2.05) is 5.32 Å². The van der Waals surface area contributed by atoms with Crippen molar-refractivity contribution in [2.45, 2.75) is 19.8 Å². The molecule has 0 radical (unpaired) electrons. The van der Waals surface area contributed by atoms with Gasteiger partial charge in [-0.25, -0.2) is 8.78 Å². The fraction of sp³-hybridized carbons (Fsp3) is 0.471. The lowest BCUT2D eigenvalue weighted by atomic mass is 9.88. The molecular weight excluding hydrogens is 366 g/mol. The molecule has 2 rings (SSSR count). The second kappa shape index (κ2) is 8.65. The van der Waals surface area contributed by atoms with Gasteiger partial charge < -0.3 is 10.1 Å². The van der Waals surface area contributed by atoms with Crippen LogP contribution in [0.5, 0.6) is 0 Å². The number of hydrogen-bond donors (Lipinski definition) is 1. The first-order chi connectivity index (χ1) is 12.7. The summed E-state index contributed by atoms with van der Waals surface area (Å²) in [7, 11) is 0. The number of carbonyl (C=O) groups excluding carboxylic acids is 3. The van der Waals surface area contributed by atoms with Gasteiger partial charge in [-0.3, -0.25) is 24.5 Å². The van der Waals surface area contributed by atoms with Crippen LogP contribution in [0.1, 0.15) is 19.8 Å². The Morgan fingerprint density at radius 1 is 1.33 bits per heavy atom. The molecule has 0 heterocycles. The van der Waals surface area contributed by atoms with E-state index in [4.69, 9.17) is 4.74 Å². The number of para-hydroxylation sites is 1. The number of Topliss-reactive ketones (excluding diaryl/α,β-unsaturated/α-hetero) is 1. The van der Waals surface area contributed by atoms with Crippen molar-refractivity contribution >= 4 is 23.3 Å². The van der Waals surface area contributed by atoms with Gasteiger partial charge in [-0.2, -0.15) is 0 Å². The van der Waals surface area contributed by atoms with Crippen LogP contribution in [-0.2, 0) is 19.1 Å². The predicted octanol–water partition coefficient (Wildman–Crippen LogP) is 1.95. The maximum absolute atomic E-state index is 13.5. The maximum atomic E-state index is 13.5. The van der Waals surface area contributed by atoms with Gasteiger partial charge in [0.2, 0.25) is 6.54 Å². The Labute approximate surface area is 153 Å². The van der Waals surface area contributed by atoms with Crippen molar-refractivity contribution in [1.82, 2.24) is 0 Å². The SMILES string of the molecule is C[C@H]1CC(=O)[C@H](CC(=O)OCC(=O)Nc2c(F)cccc2F)[C@@H]1C[N+](=O)[O-]. The number of carbonyl (C=O) groups is 3. The summed E-state index contributed by atoms with van der Waals surface area (Å²) in [4.78, 5) is 45.8. The molecule has 3 atom stereocenters. The van der Waals surface area contributed by atoms with Crippen LogP contribution in [0.2, 0.25) is 0 Å². The summed E-state index contributed by atoms with van der Waals surface area (Å²) in [6, 6.07) is 3.03. The molecule has 146 valence electrons. The molecule has 27 heavy (non-hydrogen) atoms. The Morgan fingerprint density at radius 3 is 2.56 bits per heavy atom. The monoisotopic (exact) mass is 384 g/mol. The summed E-state index contributed by atoms with van der Waals surface area (Å²) in [5, 5.41) is 12.7. The first-order valence-electron chi connectivity index (χ1n) is 8.23. The highest BCUT2D eigenvalue weighted by molar-refractivity contribution is 5.93. The first kappa shape index (κ1) is 20.4. The van der Waals surface area contributed by atoms with Crippen LogP contribution in [0.4, 0.5) is 14.5 Å². The van der Waals surface area contributed by atoms with Gasteiger partial charge in [-0.05, 0) is 18.1 Å². The van der Waals surface area contributed by atoms with Crippen molar-refractivity contribution in [2.75, 3.05) is 18.5 Å². The number of ether oxygens (including phenoxy) is 1. The van der Waals surface area contributed by atoms with Crippen LogP contribution in [0, 0.1) is 39.5 Å². The molecule has 0 aliphatic heterocycles. The molecule has 1 fully saturated rings. The third-order valence-electron chi connectivity index (χ3n) is 4.52. The number of amides is 1. The van der Waals surface area contributed by atoms with E-state index >= 15 is 0 Å². The summed E-state index contributed by atoms with van der Waals surface area (Å²) in [6.45, 7) is 0.467. The highest BCUT2D eigenvalue weighted by Gasteiger charge is 2.44. The molecule has 1 N–H and O–H groups in total. The highest BCUT2D eigenvalue weighted by atomic mass is 19.1. The minimum Gasteiger partial charge on any atom is -0.456 e. The first-order valence-corrected chi connectivity index (χ1v) is 8.23. The van der Waals surface area contributed by atoms with Gasteiger partial charge in [0.25, 0.3) is 5.91 Å². The highest BCUT2D eigenvalue weighted by Crippen LogP contribution is 2.36. The lowest BCUT2D eigenvalue weighted by Gasteiger charge is -2.17. The lowest BCUT2D eigenvalue weighted by Crippen LogP contribution is -2.28. The fourth-order valence-corrected chi connectivity index (χ4v) is 3.18. The summed E-state index contributed by atoms with van der Waals surface area (Å²) in [5.41, 5.74) is -0.663. The van der Waals surface area contributed by atoms with Gasteiger partial charge in [-0.1, -0.05) is 13.0 Å². The van der Waals surface area contributed by atoms with Crippen molar-refractivity contribution < 1.29 is 32.8 Å². The van der Waals surface area contributed by atoms with Gasteiger partial charge >= 0.3 is 5.97 Å². The molecule has 0 aromatic heterocycles. The smallest absolute Gasteiger partial charge is 0.307 e. The molecule has 0 bridgehead atoms. The Hall–Kier alpha value is -2.91. The van der Waals surface area contributed by atoms with E-state index in [0.29, 0.717) is 0 Å². The third kappa shape index (κ3) is 5.28. The number of esters is 1. The van der Waals surface area contributed by atoms with Crippen molar-refractivity contribution in [2.24, 2.45) is 17.8 Å². The van der Waals surface area contributed by atoms with Gasteiger partial charge in [0.1, 0.15) is 23.1 Å². The molecule has 1 amide bonds. The molecule has 8 nitrogen and oxygen atoms in total. The van der Waals surface area contributed by atoms with Crippen LogP contribution in [0.25, 0.3) is 0 Å². The molecule has 1 aromatic rings. The number of ketones is 1. The second-order valence-corrected chi connectivity index (χ2v) is 6.44. The molecule has 1 saturated carbocycles. The van der Waals surface area contributed by atoms with E-state index in [-0.39, 0.29) is 24.5 Å². The third-order valence-corrected chi connectivity index (χ3v) is 4.52. The topological polar surface area (TPSA) is 116 Å². The minimum absolute atomic E-state index is 0.142. The quantitative estimate of drug-likeness (QED) is 0.436. The number of nitrogens with zero attached hydrogens (tertiary/aromatic N) is 1. The molecule has 0 spiro atoms. The normalized spacial score (nSPS) is 21.7. The molecule has 1 aromatic carbocycles. The molecule has 0 saturated heterocycles. The van der Waals surface area contributed by atoms with Crippen molar-refractivity contribution in [3.8, 4) is 0 Å². The second-order valence-electron chi connectivity index (χ2n) is 6.44. The molecule has 1 aliphatic rings. The number of halogens is 2. The van der Waals surface area contributed by atoms with Gasteiger partial charge in [0.05, 0.1) is 6.42 Å². The standard InChI is InChI=1S/C17H18F2N2O6/c1-9-5-14(22)10(11(9)7-21(25)26)6-16(24)27-8-15(23)20-17-12(18)3-2-4-13(17)19/h2-4,9-11H,5-8H2,1H3,(H,20,23)/t9-,10+,11+/m0/s1. The van der Waals surface area contributed by atoms with Crippen molar-refractivity contribution in [3.63, 3.8) is 0 Å². The number of anilines is 1.